The van der Waals surface area contributed by atoms with Gasteiger partial charge in [0.05, 0.1) is 31.8 Å². The molecule has 1 N–H and O–H groups in total. The van der Waals surface area contributed by atoms with Crippen LogP contribution >= 0.6 is 0 Å². The van der Waals surface area contributed by atoms with Crippen LogP contribution in [0.2, 0.25) is 0 Å². The maximum absolute atomic E-state index is 12.6. The molecule has 28 heavy (non-hydrogen) atoms. The number of carbonyl (C=O) groups excluding carboxylic acids is 2. The number of carbonyl (C=O) groups is 2. The molecule has 1 aromatic heterocycles. The summed E-state index contributed by atoms with van der Waals surface area (Å²) in [5, 5.41) is 6.51. The highest BCUT2D eigenvalue weighted by molar-refractivity contribution is 5.88. The molecule has 2 heterocycles. The van der Waals surface area contributed by atoms with Crippen LogP contribution in [0.25, 0.3) is 0 Å². The second kappa shape index (κ2) is 9.36. The van der Waals surface area contributed by atoms with Gasteiger partial charge in [-0.05, 0) is 24.6 Å². The molecule has 1 fully saturated rings. The highest BCUT2D eigenvalue weighted by atomic mass is 16.5. The van der Waals surface area contributed by atoms with Gasteiger partial charge in [0.25, 0.3) is 0 Å². The van der Waals surface area contributed by atoms with Crippen LogP contribution in [0.5, 0.6) is 5.75 Å². The number of nitrogens with one attached hydrogen (secondary N) is 1. The molecule has 2 aromatic rings. The summed E-state index contributed by atoms with van der Waals surface area (Å²) in [6.45, 7) is 4.77. The van der Waals surface area contributed by atoms with Crippen LogP contribution in [0.15, 0.2) is 41.1 Å². The Labute approximate surface area is 164 Å². The van der Waals surface area contributed by atoms with Gasteiger partial charge in [-0.2, -0.15) is 0 Å². The number of hydrogen-bond acceptors (Lipinski definition) is 6. The van der Waals surface area contributed by atoms with Crippen molar-refractivity contribution in [3.63, 3.8) is 0 Å². The standard InChI is InChI=1S/C20H26N4O4/c1-3-27-16-6-4-15(5-7-16)13-24-11-10-21-20(26)18(24)12-19(25)23(2)14-17-8-9-22-28-17/h4-9,18H,3,10-14H2,1-2H3,(H,21,26)/t18-/m0/s1. The quantitative estimate of drug-likeness (QED) is 0.738. The molecule has 2 amide bonds. The van der Waals surface area contributed by atoms with Crippen LogP contribution in [-0.4, -0.2) is 59.6 Å². The van der Waals surface area contributed by atoms with Gasteiger partial charge < -0.3 is 19.5 Å². The Morgan fingerprint density at radius 1 is 1.36 bits per heavy atom. The second-order valence-corrected chi connectivity index (χ2v) is 6.79. The molecule has 0 spiro atoms. The van der Waals surface area contributed by atoms with Gasteiger partial charge >= 0.3 is 0 Å². The second-order valence-electron chi connectivity index (χ2n) is 6.79. The number of benzene rings is 1. The van der Waals surface area contributed by atoms with Crippen LogP contribution in [0, 0.1) is 0 Å². The maximum atomic E-state index is 12.6. The van der Waals surface area contributed by atoms with E-state index in [0.29, 0.717) is 38.5 Å². The minimum absolute atomic E-state index is 0.112. The van der Waals surface area contributed by atoms with Crippen LogP contribution in [0.3, 0.4) is 0 Å². The van der Waals surface area contributed by atoms with E-state index in [-0.39, 0.29) is 18.2 Å². The minimum atomic E-state index is -0.495. The summed E-state index contributed by atoms with van der Waals surface area (Å²) in [4.78, 5) is 28.7. The summed E-state index contributed by atoms with van der Waals surface area (Å²) in [6.07, 6.45) is 1.66. The topological polar surface area (TPSA) is 87.9 Å². The van der Waals surface area contributed by atoms with E-state index in [2.05, 4.69) is 15.4 Å². The van der Waals surface area contributed by atoms with E-state index in [1.54, 1.807) is 24.2 Å². The first kappa shape index (κ1) is 19.9. The average Bonchev–Trinajstić information content (AvgIpc) is 3.19. The van der Waals surface area contributed by atoms with Crippen molar-refractivity contribution < 1.29 is 18.8 Å². The van der Waals surface area contributed by atoms with E-state index in [1.165, 1.54) is 0 Å². The van der Waals surface area contributed by atoms with Crippen LogP contribution in [0.1, 0.15) is 24.7 Å². The van der Waals surface area contributed by atoms with Crippen molar-refractivity contribution in [1.29, 1.82) is 0 Å². The number of piperazine rings is 1. The molecule has 8 nitrogen and oxygen atoms in total. The van der Waals surface area contributed by atoms with Crippen LogP contribution < -0.4 is 10.1 Å². The molecule has 1 saturated heterocycles. The minimum Gasteiger partial charge on any atom is -0.494 e. The predicted octanol–water partition coefficient (Wildman–Crippen LogP) is 1.42. The summed E-state index contributed by atoms with van der Waals surface area (Å²) in [6, 6.07) is 9.06. The van der Waals surface area contributed by atoms with Gasteiger partial charge in [-0.3, -0.25) is 14.5 Å². The van der Waals surface area contributed by atoms with Crippen molar-refractivity contribution in [3.8, 4) is 5.75 Å². The molecule has 1 atom stereocenters. The summed E-state index contributed by atoms with van der Waals surface area (Å²) >= 11 is 0. The normalized spacial score (nSPS) is 17.2. The monoisotopic (exact) mass is 386 g/mol. The first-order valence-corrected chi connectivity index (χ1v) is 9.44. The zero-order chi connectivity index (χ0) is 19.9. The molecule has 1 aromatic carbocycles. The average molecular weight is 386 g/mol. The van der Waals surface area contributed by atoms with Gasteiger partial charge in [-0.1, -0.05) is 17.3 Å². The van der Waals surface area contributed by atoms with Crippen molar-refractivity contribution in [2.45, 2.75) is 32.5 Å². The molecule has 3 rings (SSSR count). The van der Waals surface area contributed by atoms with E-state index in [0.717, 1.165) is 11.3 Å². The molecular weight excluding hydrogens is 360 g/mol. The zero-order valence-corrected chi connectivity index (χ0v) is 16.3. The molecule has 8 heteroatoms. The van der Waals surface area contributed by atoms with E-state index < -0.39 is 6.04 Å². The largest absolute Gasteiger partial charge is 0.494 e. The third kappa shape index (κ3) is 5.10. The fraction of sp³-hybridized carbons (Fsp3) is 0.450. The van der Waals surface area contributed by atoms with Crippen molar-refractivity contribution in [2.75, 3.05) is 26.7 Å². The Balaban J connectivity index is 1.63. The summed E-state index contributed by atoms with van der Waals surface area (Å²) in [7, 11) is 1.70. The smallest absolute Gasteiger partial charge is 0.237 e. The Bertz CT molecular complexity index is 776. The van der Waals surface area contributed by atoms with Crippen molar-refractivity contribution in [1.82, 2.24) is 20.3 Å². The van der Waals surface area contributed by atoms with E-state index >= 15 is 0 Å². The van der Waals surface area contributed by atoms with Crippen molar-refractivity contribution in [3.05, 3.63) is 47.9 Å². The Morgan fingerprint density at radius 2 is 2.14 bits per heavy atom. The van der Waals surface area contributed by atoms with Gasteiger partial charge in [-0.25, -0.2) is 0 Å². The predicted molar refractivity (Wildman–Crippen MR) is 102 cm³/mol. The lowest BCUT2D eigenvalue weighted by Gasteiger charge is -2.35. The van der Waals surface area contributed by atoms with Crippen molar-refractivity contribution >= 4 is 11.8 Å². The number of ether oxygens (including phenoxy) is 1. The molecule has 0 radical (unpaired) electrons. The lowest BCUT2D eigenvalue weighted by molar-refractivity contribution is -0.138. The van der Waals surface area contributed by atoms with Crippen LogP contribution in [-0.2, 0) is 22.7 Å². The third-order valence-corrected chi connectivity index (χ3v) is 4.74. The van der Waals surface area contributed by atoms with Gasteiger partial charge in [0, 0.05) is 32.7 Å². The third-order valence-electron chi connectivity index (χ3n) is 4.74. The molecule has 1 aliphatic heterocycles. The summed E-state index contributed by atoms with van der Waals surface area (Å²) in [5.41, 5.74) is 1.07. The number of amides is 2. The highest BCUT2D eigenvalue weighted by Crippen LogP contribution is 2.18. The maximum Gasteiger partial charge on any atom is 0.237 e. The number of hydrogen-bond donors (Lipinski definition) is 1. The SMILES string of the molecule is CCOc1ccc(CN2CCNC(=O)[C@@H]2CC(=O)N(C)Cc2ccno2)cc1. The van der Waals surface area contributed by atoms with Crippen LogP contribution in [0.4, 0.5) is 0 Å². The fourth-order valence-corrected chi connectivity index (χ4v) is 3.23. The first-order valence-electron chi connectivity index (χ1n) is 9.44. The van der Waals surface area contributed by atoms with Gasteiger partial charge in [0.1, 0.15) is 5.75 Å². The van der Waals surface area contributed by atoms with Gasteiger partial charge in [0.15, 0.2) is 5.76 Å². The molecular formula is C20H26N4O4. The molecule has 0 aliphatic carbocycles. The zero-order valence-electron chi connectivity index (χ0n) is 16.3. The van der Waals surface area contributed by atoms with E-state index in [1.807, 2.05) is 31.2 Å². The number of nitrogens with zero attached hydrogens (tertiary/aromatic N) is 3. The summed E-state index contributed by atoms with van der Waals surface area (Å²) < 4.78 is 10.5. The van der Waals surface area contributed by atoms with E-state index in [4.69, 9.17) is 9.26 Å². The molecule has 0 unspecified atom stereocenters. The lowest BCUT2D eigenvalue weighted by atomic mass is 10.1. The Kier molecular flexibility index (Phi) is 6.65. The van der Waals surface area contributed by atoms with Gasteiger partial charge in [-0.15, -0.1) is 0 Å². The summed E-state index contributed by atoms with van der Waals surface area (Å²) in [5.74, 6) is 1.20. The van der Waals surface area contributed by atoms with Crippen molar-refractivity contribution in [2.24, 2.45) is 0 Å². The highest BCUT2D eigenvalue weighted by Gasteiger charge is 2.32. The molecule has 0 saturated carbocycles. The Hall–Kier alpha value is -2.87. The number of rotatable bonds is 8. The molecule has 150 valence electrons. The number of aromatic nitrogens is 1. The molecule has 1 aliphatic rings. The Morgan fingerprint density at radius 3 is 2.82 bits per heavy atom. The first-order chi connectivity index (χ1) is 13.6. The molecule has 0 bridgehead atoms. The fourth-order valence-electron chi connectivity index (χ4n) is 3.23. The van der Waals surface area contributed by atoms with Gasteiger partial charge in [0.2, 0.25) is 11.8 Å². The van der Waals surface area contributed by atoms with E-state index in [9.17, 15) is 9.59 Å². The lowest BCUT2D eigenvalue weighted by Crippen LogP contribution is -2.56.